The molecule has 3 aliphatic rings. The largest absolute Gasteiger partial charge is 0.0701 e. The van der Waals surface area contributed by atoms with Gasteiger partial charge in [0.2, 0.25) is 0 Å². The molecule has 0 atom stereocenters. The van der Waals surface area contributed by atoms with Gasteiger partial charge in [0.1, 0.15) is 0 Å². The van der Waals surface area contributed by atoms with E-state index in [1.807, 2.05) is 11.1 Å². The molecule has 3 rings (SSSR count). The van der Waals surface area contributed by atoms with E-state index in [9.17, 15) is 0 Å². The van der Waals surface area contributed by atoms with Crippen molar-refractivity contribution in [2.45, 2.75) is 84.5 Å². The summed E-state index contributed by atoms with van der Waals surface area (Å²) in [6, 6.07) is 0. The fourth-order valence-corrected chi connectivity index (χ4v) is 4.02. The molecule has 0 heteroatoms. The third-order valence-corrected chi connectivity index (χ3v) is 5.65. The Morgan fingerprint density at radius 3 is 2.11 bits per heavy atom. The highest BCUT2D eigenvalue weighted by atomic mass is 14.4. The summed E-state index contributed by atoms with van der Waals surface area (Å²) in [5.41, 5.74) is 3.83. The first-order chi connectivity index (χ1) is 9.22. The Morgan fingerprint density at radius 1 is 0.947 bits per heavy atom. The molecule has 0 aromatic heterocycles. The molecule has 0 nitrogen and oxygen atoms in total. The van der Waals surface area contributed by atoms with Crippen molar-refractivity contribution < 1.29 is 0 Å². The summed E-state index contributed by atoms with van der Waals surface area (Å²) < 4.78 is 0. The number of hydrogen-bond acceptors (Lipinski definition) is 0. The normalized spacial score (nSPS) is 30.8. The molecule has 0 N–H and O–H groups in total. The lowest BCUT2D eigenvalue weighted by atomic mass is 9.76. The molecule has 3 aliphatic carbocycles. The maximum atomic E-state index is 2.37. The van der Waals surface area contributed by atoms with E-state index in [1.54, 1.807) is 0 Å². The molecule has 0 aromatic rings. The molecule has 0 aliphatic heterocycles. The molecular formula is C19H32. The summed E-state index contributed by atoms with van der Waals surface area (Å²) in [6.45, 7) is 4.74. The van der Waals surface area contributed by atoms with Crippen LogP contribution in [-0.2, 0) is 0 Å². The van der Waals surface area contributed by atoms with Crippen LogP contribution >= 0.6 is 0 Å². The smallest absolute Gasteiger partial charge is 0.0200 e. The highest BCUT2D eigenvalue weighted by Crippen LogP contribution is 2.48. The van der Waals surface area contributed by atoms with Gasteiger partial charge in [-0.05, 0) is 68.6 Å². The Labute approximate surface area is 120 Å². The predicted molar refractivity (Wildman–Crippen MR) is 83.1 cm³/mol. The van der Waals surface area contributed by atoms with E-state index in [2.05, 4.69) is 13.8 Å². The zero-order valence-electron chi connectivity index (χ0n) is 13.1. The molecule has 0 radical (unpaired) electrons. The minimum absolute atomic E-state index is 0.902. The van der Waals surface area contributed by atoms with E-state index in [4.69, 9.17) is 0 Å². The average Bonchev–Trinajstić information content (AvgIpc) is 3.28. The maximum Gasteiger partial charge on any atom is -0.0200 e. The van der Waals surface area contributed by atoms with E-state index < -0.39 is 0 Å². The summed E-state index contributed by atoms with van der Waals surface area (Å²) in [5.74, 6) is 4.07. The summed E-state index contributed by atoms with van der Waals surface area (Å²) in [6.07, 6.45) is 16.5. The van der Waals surface area contributed by atoms with Crippen molar-refractivity contribution in [2.24, 2.45) is 23.7 Å². The molecule has 0 spiro atoms. The Hall–Kier alpha value is -0.260. The first-order valence-corrected chi connectivity index (χ1v) is 8.93. The van der Waals surface area contributed by atoms with Gasteiger partial charge in [-0.3, -0.25) is 0 Å². The quantitative estimate of drug-likeness (QED) is 0.505. The first-order valence-electron chi connectivity index (χ1n) is 8.93. The third kappa shape index (κ3) is 4.10. The summed E-state index contributed by atoms with van der Waals surface area (Å²) in [5, 5.41) is 0. The SMILES string of the molecule is CC(C)CCC1CCC(CC(=C2CC2)C2CC2)CC1. The van der Waals surface area contributed by atoms with Crippen molar-refractivity contribution in [2.75, 3.05) is 0 Å². The van der Waals surface area contributed by atoms with Crippen molar-refractivity contribution in [3.05, 3.63) is 11.1 Å². The minimum Gasteiger partial charge on any atom is -0.0701 e. The van der Waals surface area contributed by atoms with Crippen LogP contribution in [0.5, 0.6) is 0 Å². The van der Waals surface area contributed by atoms with Crippen molar-refractivity contribution in [1.82, 2.24) is 0 Å². The van der Waals surface area contributed by atoms with Gasteiger partial charge in [0.25, 0.3) is 0 Å². The molecule has 19 heavy (non-hydrogen) atoms. The zero-order chi connectivity index (χ0) is 13.2. The highest BCUT2D eigenvalue weighted by molar-refractivity contribution is 5.29. The fourth-order valence-electron chi connectivity index (χ4n) is 4.02. The van der Waals surface area contributed by atoms with Crippen LogP contribution in [-0.4, -0.2) is 0 Å². The van der Waals surface area contributed by atoms with Crippen molar-refractivity contribution in [1.29, 1.82) is 0 Å². The molecule has 3 saturated carbocycles. The monoisotopic (exact) mass is 260 g/mol. The van der Waals surface area contributed by atoms with Crippen LogP contribution in [0.1, 0.15) is 84.5 Å². The van der Waals surface area contributed by atoms with E-state index in [0.717, 1.165) is 23.7 Å². The lowest BCUT2D eigenvalue weighted by Crippen LogP contribution is -2.16. The number of allylic oxidation sites excluding steroid dienone is 2. The molecule has 108 valence electrons. The highest BCUT2D eigenvalue weighted by Gasteiger charge is 2.33. The third-order valence-electron chi connectivity index (χ3n) is 5.65. The summed E-state index contributed by atoms with van der Waals surface area (Å²) in [4.78, 5) is 0. The second kappa shape index (κ2) is 6.02. The molecule has 0 heterocycles. The van der Waals surface area contributed by atoms with Crippen molar-refractivity contribution in [3.8, 4) is 0 Å². The first kappa shape index (κ1) is 13.7. The van der Waals surface area contributed by atoms with Gasteiger partial charge in [-0.15, -0.1) is 0 Å². The molecule has 0 amide bonds. The second-order valence-corrected chi connectivity index (χ2v) is 7.97. The van der Waals surface area contributed by atoms with Gasteiger partial charge in [0.15, 0.2) is 0 Å². The van der Waals surface area contributed by atoms with E-state index >= 15 is 0 Å². The van der Waals surface area contributed by atoms with Crippen LogP contribution in [0.2, 0.25) is 0 Å². The molecule has 0 bridgehead atoms. The van der Waals surface area contributed by atoms with E-state index in [-0.39, 0.29) is 0 Å². The van der Waals surface area contributed by atoms with Crippen LogP contribution in [0.3, 0.4) is 0 Å². The molecule has 0 unspecified atom stereocenters. The van der Waals surface area contributed by atoms with Crippen LogP contribution in [0.4, 0.5) is 0 Å². The Balaban J connectivity index is 1.41. The van der Waals surface area contributed by atoms with Gasteiger partial charge < -0.3 is 0 Å². The van der Waals surface area contributed by atoms with Gasteiger partial charge in [-0.2, -0.15) is 0 Å². The summed E-state index contributed by atoms with van der Waals surface area (Å²) in [7, 11) is 0. The topological polar surface area (TPSA) is 0 Å². The van der Waals surface area contributed by atoms with Crippen molar-refractivity contribution in [3.63, 3.8) is 0 Å². The zero-order valence-corrected chi connectivity index (χ0v) is 13.1. The average molecular weight is 260 g/mol. The fraction of sp³-hybridized carbons (Fsp3) is 0.895. The summed E-state index contributed by atoms with van der Waals surface area (Å²) >= 11 is 0. The molecular weight excluding hydrogens is 228 g/mol. The van der Waals surface area contributed by atoms with Gasteiger partial charge in [-0.25, -0.2) is 0 Å². The van der Waals surface area contributed by atoms with E-state index in [0.29, 0.717) is 0 Å². The molecule has 0 saturated heterocycles. The lowest BCUT2D eigenvalue weighted by Gasteiger charge is -2.29. The lowest BCUT2D eigenvalue weighted by molar-refractivity contribution is 0.250. The molecule has 3 fully saturated rings. The van der Waals surface area contributed by atoms with Gasteiger partial charge in [0, 0.05) is 0 Å². The second-order valence-electron chi connectivity index (χ2n) is 7.97. The van der Waals surface area contributed by atoms with Crippen LogP contribution in [0, 0.1) is 23.7 Å². The van der Waals surface area contributed by atoms with Crippen LogP contribution in [0.15, 0.2) is 11.1 Å². The Bertz CT molecular complexity index is 318. The molecule has 0 aromatic carbocycles. The minimum atomic E-state index is 0.902. The van der Waals surface area contributed by atoms with Gasteiger partial charge in [-0.1, -0.05) is 50.7 Å². The maximum absolute atomic E-state index is 2.37. The predicted octanol–water partition coefficient (Wildman–Crippen LogP) is 6.12. The van der Waals surface area contributed by atoms with Crippen LogP contribution in [0.25, 0.3) is 0 Å². The number of hydrogen-bond donors (Lipinski definition) is 0. The Morgan fingerprint density at radius 2 is 1.58 bits per heavy atom. The van der Waals surface area contributed by atoms with Crippen molar-refractivity contribution >= 4 is 0 Å². The van der Waals surface area contributed by atoms with Gasteiger partial charge in [0.05, 0.1) is 0 Å². The van der Waals surface area contributed by atoms with Crippen LogP contribution < -0.4 is 0 Å². The standard InChI is InChI=1S/C19H32/c1-14(2)3-4-15-5-7-16(8-6-15)13-19(17-9-10-17)18-11-12-18/h14-17H,3-13H2,1-2H3. The van der Waals surface area contributed by atoms with E-state index in [1.165, 1.54) is 70.6 Å². The van der Waals surface area contributed by atoms with Gasteiger partial charge >= 0.3 is 0 Å². The Kier molecular flexibility index (Phi) is 4.34. The number of rotatable bonds is 6.